The van der Waals surface area contributed by atoms with Gasteiger partial charge in [0.15, 0.2) is 5.82 Å². The van der Waals surface area contributed by atoms with Gasteiger partial charge in [0.25, 0.3) is 0 Å². The van der Waals surface area contributed by atoms with Gasteiger partial charge in [-0.25, -0.2) is 8.78 Å². The Morgan fingerprint density at radius 2 is 1.38 bits per heavy atom. The molecule has 0 aliphatic carbocycles. The Morgan fingerprint density at radius 1 is 0.875 bits per heavy atom. The van der Waals surface area contributed by atoms with Crippen LogP contribution in [0.3, 0.4) is 0 Å². The first-order valence-corrected chi connectivity index (χ1v) is 4.85. The lowest BCUT2D eigenvalue weighted by atomic mass is 10.2. The molecule has 0 aliphatic rings. The minimum Gasteiger partial charge on any atom is -0.206 e. The average molecular weight is 262 g/mol. The summed E-state index contributed by atoms with van der Waals surface area (Å²) in [6.45, 7) is 0. The summed E-state index contributed by atoms with van der Waals surface area (Å²) in [4.78, 5) is 10.7. The molecule has 0 radical (unpaired) electrons. The number of aromatic nitrogens is 3. The van der Waals surface area contributed by atoms with E-state index in [-0.39, 0.29) is 22.0 Å². The Hall–Kier alpha value is -1.33. The van der Waals surface area contributed by atoms with Crippen LogP contribution in [0, 0.1) is 11.6 Å². The molecule has 16 heavy (non-hydrogen) atoms. The molecule has 3 nitrogen and oxygen atoms in total. The standard InChI is InChI=1S/C9H3Cl2F2N3/c10-8-14-7(15-9(11)16-8)6-4(12)2-1-3-5(6)13/h1-3H. The first kappa shape index (κ1) is 11.2. The zero-order chi connectivity index (χ0) is 11.7. The van der Waals surface area contributed by atoms with Crippen LogP contribution in [-0.4, -0.2) is 15.0 Å². The van der Waals surface area contributed by atoms with E-state index in [1.807, 2.05) is 0 Å². The maximum Gasteiger partial charge on any atom is 0.227 e. The lowest BCUT2D eigenvalue weighted by Crippen LogP contribution is -1.98. The van der Waals surface area contributed by atoms with Crippen LogP contribution in [0.1, 0.15) is 0 Å². The largest absolute Gasteiger partial charge is 0.227 e. The highest BCUT2D eigenvalue weighted by molar-refractivity contribution is 6.31. The number of halogens is 4. The zero-order valence-electron chi connectivity index (χ0n) is 7.59. The highest BCUT2D eigenvalue weighted by Crippen LogP contribution is 2.24. The van der Waals surface area contributed by atoms with E-state index in [9.17, 15) is 8.78 Å². The van der Waals surface area contributed by atoms with Crippen LogP contribution in [0.15, 0.2) is 18.2 Å². The lowest BCUT2D eigenvalue weighted by molar-refractivity contribution is 0.587. The van der Waals surface area contributed by atoms with Crippen molar-refractivity contribution in [3.8, 4) is 11.4 Å². The van der Waals surface area contributed by atoms with Crippen LogP contribution < -0.4 is 0 Å². The summed E-state index contributed by atoms with van der Waals surface area (Å²) in [6, 6.07) is 3.41. The van der Waals surface area contributed by atoms with Gasteiger partial charge in [-0.15, -0.1) is 0 Å². The molecule has 0 amide bonds. The highest BCUT2D eigenvalue weighted by atomic mass is 35.5. The van der Waals surface area contributed by atoms with Crippen LogP contribution in [0.25, 0.3) is 11.4 Å². The maximum absolute atomic E-state index is 13.4. The van der Waals surface area contributed by atoms with E-state index < -0.39 is 11.6 Å². The molecule has 0 spiro atoms. The summed E-state index contributed by atoms with van der Waals surface area (Å²) in [5.74, 6) is -1.82. The second-order valence-electron chi connectivity index (χ2n) is 2.79. The molecule has 2 rings (SSSR count). The van der Waals surface area contributed by atoms with E-state index in [2.05, 4.69) is 15.0 Å². The Bertz CT molecular complexity index is 508. The van der Waals surface area contributed by atoms with Crippen molar-refractivity contribution in [2.75, 3.05) is 0 Å². The fraction of sp³-hybridized carbons (Fsp3) is 0. The molecule has 7 heteroatoms. The van der Waals surface area contributed by atoms with Gasteiger partial charge in [0.1, 0.15) is 11.6 Å². The van der Waals surface area contributed by atoms with Crippen molar-refractivity contribution >= 4 is 23.2 Å². The van der Waals surface area contributed by atoms with Gasteiger partial charge in [-0.3, -0.25) is 0 Å². The van der Waals surface area contributed by atoms with Crippen molar-refractivity contribution in [2.45, 2.75) is 0 Å². The summed E-state index contributed by atoms with van der Waals surface area (Å²) in [5, 5.41) is -0.449. The molecule has 0 saturated carbocycles. The molecule has 0 saturated heterocycles. The Balaban J connectivity index is 2.67. The number of benzene rings is 1. The van der Waals surface area contributed by atoms with Crippen molar-refractivity contribution in [1.29, 1.82) is 0 Å². The van der Waals surface area contributed by atoms with Gasteiger partial charge >= 0.3 is 0 Å². The van der Waals surface area contributed by atoms with E-state index >= 15 is 0 Å². The van der Waals surface area contributed by atoms with E-state index in [4.69, 9.17) is 23.2 Å². The lowest BCUT2D eigenvalue weighted by Gasteiger charge is -2.03. The van der Waals surface area contributed by atoms with E-state index in [0.717, 1.165) is 12.1 Å². The summed E-state index contributed by atoms with van der Waals surface area (Å²) < 4.78 is 26.7. The molecule has 2 aromatic rings. The van der Waals surface area contributed by atoms with Gasteiger partial charge in [-0.2, -0.15) is 15.0 Å². The molecule has 1 aromatic heterocycles. The van der Waals surface area contributed by atoms with Gasteiger partial charge in [-0.05, 0) is 35.3 Å². The van der Waals surface area contributed by atoms with E-state index in [0.29, 0.717) is 0 Å². The Kier molecular flexibility index (Phi) is 2.98. The molecule has 0 aliphatic heterocycles. The van der Waals surface area contributed by atoms with Crippen LogP contribution in [0.4, 0.5) is 8.78 Å². The summed E-state index contributed by atoms with van der Waals surface area (Å²) in [6.07, 6.45) is 0. The topological polar surface area (TPSA) is 38.7 Å². The molecular formula is C9H3Cl2F2N3. The second-order valence-corrected chi connectivity index (χ2v) is 3.47. The predicted octanol–water partition coefficient (Wildman–Crippen LogP) is 3.12. The van der Waals surface area contributed by atoms with Crippen molar-refractivity contribution < 1.29 is 8.78 Å². The summed E-state index contributed by atoms with van der Waals surface area (Å²) >= 11 is 11.0. The molecule has 0 N–H and O–H groups in total. The summed E-state index contributed by atoms with van der Waals surface area (Å²) in [7, 11) is 0. The van der Waals surface area contributed by atoms with Crippen LogP contribution >= 0.6 is 23.2 Å². The Morgan fingerprint density at radius 3 is 1.88 bits per heavy atom. The van der Waals surface area contributed by atoms with Crippen molar-refractivity contribution in [3.05, 3.63) is 40.4 Å². The molecular weight excluding hydrogens is 259 g/mol. The number of hydrogen-bond acceptors (Lipinski definition) is 3. The quantitative estimate of drug-likeness (QED) is 0.792. The van der Waals surface area contributed by atoms with Crippen LogP contribution in [0.2, 0.25) is 10.6 Å². The molecule has 82 valence electrons. The minimum atomic E-state index is -0.793. The number of hydrogen-bond donors (Lipinski definition) is 0. The molecule has 0 atom stereocenters. The third kappa shape index (κ3) is 2.10. The fourth-order valence-electron chi connectivity index (χ4n) is 1.15. The van der Waals surface area contributed by atoms with Gasteiger partial charge in [0.2, 0.25) is 10.6 Å². The summed E-state index contributed by atoms with van der Waals surface area (Å²) in [5.41, 5.74) is -0.381. The first-order chi connectivity index (χ1) is 7.58. The second kappa shape index (κ2) is 4.27. The number of nitrogens with zero attached hydrogens (tertiary/aromatic N) is 3. The third-order valence-electron chi connectivity index (χ3n) is 1.77. The molecule has 0 unspecified atom stereocenters. The molecule has 0 bridgehead atoms. The van der Waals surface area contributed by atoms with E-state index in [1.54, 1.807) is 0 Å². The van der Waals surface area contributed by atoms with Gasteiger partial charge in [0.05, 0.1) is 5.56 Å². The maximum atomic E-state index is 13.4. The van der Waals surface area contributed by atoms with E-state index in [1.165, 1.54) is 6.07 Å². The monoisotopic (exact) mass is 261 g/mol. The normalized spacial score (nSPS) is 10.5. The van der Waals surface area contributed by atoms with Crippen molar-refractivity contribution in [3.63, 3.8) is 0 Å². The number of rotatable bonds is 1. The zero-order valence-corrected chi connectivity index (χ0v) is 9.10. The van der Waals surface area contributed by atoms with Gasteiger partial charge in [0, 0.05) is 0 Å². The molecule has 1 aromatic carbocycles. The van der Waals surface area contributed by atoms with Crippen LogP contribution in [-0.2, 0) is 0 Å². The van der Waals surface area contributed by atoms with Crippen molar-refractivity contribution in [1.82, 2.24) is 15.0 Å². The molecule has 1 heterocycles. The average Bonchev–Trinajstić information content (AvgIpc) is 2.15. The smallest absolute Gasteiger partial charge is 0.206 e. The first-order valence-electron chi connectivity index (χ1n) is 4.09. The van der Waals surface area contributed by atoms with Crippen LogP contribution in [0.5, 0.6) is 0 Å². The van der Waals surface area contributed by atoms with Crippen molar-refractivity contribution in [2.24, 2.45) is 0 Å². The SMILES string of the molecule is Fc1cccc(F)c1-c1nc(Cl)nc(Cl)n1. The van der Waals surface area contributed by atoms with Gasteiger partial charge in [-0.1, -0.05) is 6.07 Å². The minimum absolute atomic E-state index is 0.224. The highest BCUT2D eigenvalue weighted by Gasteiger charge is 2.15. The van der Waals surface area contributed by atoms with Gasteiger partial charge < -0.3 is 0 Å². The third-order valence-corrected chi connectivity index (χ3v) is 2.11. The fourth-order valence-corrected chi connectivity index (χ4v) is 1.51. The Labute approximate surface area is 99.1 Å². The predicted molar refractivity (Wildman–Crippen MR) is 55.2 cm³/mol. The molecule has 0 fully saturated rings.